The molecule has 1 amide bonds. The Morgan fingerprint density at radius 1 is 0.957 bits per heavy atom. The van der Waals surface area contributed by atoms with Gasteiger partial charge in [-0.25, -0.2) is 4.79 Å². The van der Waals surface area contributed by atoms with E-state index in [2.05, 4.69) is 33.7 Å². The number of carbonyl (C=O) groups is 2. The van der Waals surface area contributed by atoms with Gasteiger partial charge in [0.25, 0.3) is 0 Å². The number of piperidine rings is 2. The molecule has 2 fully saturated rings. The summed E-state index contributed by atoms with van der Waals surface area (Å²) in [4.78, 5) is 32.8. The van der Waals surface area contributed by atoms with Crippen LogP contribution in [0.5, 0.6) is 0 Å². The predicted molar refractivity (Wildman–Crippen MR) is 177 cm³/mol. The molecule has 47 heavy (non-hydrogen) atoms. The summed E-state index contributed by atoms with van der Waals surface area (Å²) in [6, 6.07) is 18.2. The van der Waals surface area contributed by atoms with Crippen LogP contribution in [-0.4, -0.2) is 71.8 Å². The normalized spacial score (nSPS) is 17.9. The number of carboxylic acids is 1. The van der Waals surface area contributed by atoms with Crippen LogP contribution in [0.1, 0.15) is 49.7 Å². The largest absolute Gasteiger partial charge is 0.480 e. The van der Waals surface area contributed by atoms with Gasteiger partial charge in [0.1, 0.15) is 11.5 Å². The van der Waals surface area contributed by atoms with Crippen LogP contribution in [0.4, 0.5) is 13.2 Å². The summed E-state index contributed by atoms with van der Waals surface area (Å²) in [5, 5.41) is 18.8. The van der Waals surface area contributed by atoms with E-state index in [1.165, 1.54) is 37.9 Å². The molecule has 6 rings (SSSR count). The maximum atomic E-state index is 14.2. The van der Waals surface area contributed by atoms with Gasteiger partial charge in [-0.05, 0) is 111 Å². The lowest BCUT2D eigenvalue weighted by atomic mass is 9.77. The second kappa shape index (κ2) is 14.0. The number of aliphatic carboxylic acids is 1. The number of pyridine rings is 1. The smallest absolute Gasteiger partial charge is 0.403 e. The molecule has 1 aromatic heterocycles. The van der Waals surface area contributed by atoms with Gasteiger partial charge in [0, 0.05) is 23.6 Å². The highest BCUT2D eigenvalue weighted by Crippen LogP contribution is 2.45. The van der Waals surface area contributed by atoms with Gasteiger partial charge in [0.15, 0.2) is 0 Å². The zero-order valence-corrected chi connectivity index (χ0v) is 26.4. The maximum absolute atomic E-state index is 14.2. The van der Waals surface area contributed by atoms with Crippen molar-refractivity contribution in [3.05, 3.63) is 78.0 Å². The number of nitrogens with zero attached hydrogens (tertiary/aromatic N) is 2. The molecule has 3 heterocycles. The van der Waals surface area contributed by atoms with Crippen LogP contribution in [-0.2, 0) is 22.4 Å². The molecule has 3 aromatic carbocycles. The molecule has 2 aliphatic rings. The van der Waals surface area contributed by atoms with E-state index in [4.69, 9.17) is 4.98 Å². The van der Waals surface area contributed by atoms with Crippen molar-refractivity contribution in [3.8, 4) is 11.3 Å². The lowest BCUT2D eigenvalue weighted by molar-refractivity contribution is -0.229. The highest BCUT2D eigenvalue weighted by molar-refractivity contribution is 6.05. The molecule has 10 heteroatoms. The predicted octanol–water partition coefficient (Wildman–Crippen LogP) is 6.52. The van der Waals surface area contributed by atoms with Crippen molar-refractivity contribution in [3.63, 3.8) is 0 Å². The van der Waals surface area contributed by atoms with Crippen LogP contribution in [0.25, 0.3) is 32.8 Å². The highest BCUT2D eigenvalue weighted by atomic mass is 19.4. The molecule has 3 N–H and O–H groups in total. The van der Waals surface area contributed by atoms with E-state index >= 15 is 0 Å². The Labute approximate surface area is 272 Å². The minimum atomic E-state index is -4.80. The Kier molecular flexibility index (Phi) is 9.80. The Hall–Kier alpha value is -4.02. The minimum absolute atomic E-state index is 0.0269. The van der Waals surface area contributed by atoms with Crippen LogP contribution in [0.15, 0.2) is 66.9 Å². The molecule has 4 aromatic rings. The zero-order chi connectivity index (χ0) is 33.0. The Morgan fingerprint density at radius 2 is 1.70 bits per heavy atom. The second-order valence-corrected chi connectivity index (χ2v) is 12.9. The van der Waals surface area contributed by atoms with Crippen molar-refractivity contribution >= 4 is 33.4 Å². The third-order valence-corrected chi connectivity index (χ3v) is 9.95. The first-order valence-corrected chi connectivity index (χ1v) is 16.6. The summed E-state index contributed by atoms with van der Waals surface area (Å²) in [7, 11) is 0. The number of aryl methyl sites for hydroxylation is 1. The fourth-order valence-corrected chi connectivity index (χ4v) is 7.24. The van der Waals surface area contributed by atoms with Crippen LogP contribution in [0.2, 0.25) is 0 Å². The number of hydrogen-bond acceptors (Lipinski definition) is 5. The number of nitrogens with one attached hydrogen (secondary N) is 2. The van der Waals surface area contributed by atoms with Crippen LogP contribution < -0.4 is 10.6 Å². The summed E-state index contributed by atoms with van der Waals surface area (Å²) in [6.07, 6.45) is 1.87. The Balaban J connectivity index is 1.28. The van der Waals surface area contributed by atoms with Gasteiger partial charge in [-0.1, -0.05) is 55.0 Å². The number of amides is 1. The number of alkyl halides is 3. The highest BCUT2D eigenvalue weighted by Gasteiger charge is 2.60. The lowest BCUT2D eigenvalue weighted by Crippen LogP contribution is -2.58. The van der Waals surface area contributed by atoms with Crippen molar-refractivity contribution in [2.45, 2.75) is 63.6 Å². The standard InChI is InChI=1S/C37H41F3N4O3/c38-37(39,40)36(15-18-41-19-16-36)35(47)43-32(34(45)46)24-27-8-4-10-29-28(27)9-5-11-30(29)33-31-23-25(12-13-26(31)14-17-42-33)7-6-22-44-20-2-1-3-21-44/h4-5,8-14,17,23,32,41H,1-3,6-7,15-16,18-22,24H2,(H,43,47)(H,45,46)/t32-/m0/s1. The summed E-state index contributed by atoms with van der Waals surface area (Å²) in [6.45, 7) is 3.51. The average Bonchev–Trinajstić information content (AvgIpc) is 3.08. The van der Waals surface area contributed by atoms with Gasteiger partial charge in [0.2, 0.25) is 5.91 Å². The van der Waals surface area contributed by atoms with Gasteiger partial charge in [-0.3, -0.25) is 9.78 Å². The monoisotopic (exact) mass is 646 g/mol. The third kappa shape index (κ3) is 6.99. The quantitative estimate of drug-likeness (QED) is 0.182. The SMILES string of the molecule is O=C(O)[C@H](Cc1cccc2c(-c3nccc4ccc(CCCN5CCCCC5)cc34)cccc12)NC(=O)C1(C(F)(F)F)CCNCC1. The van der Waals surface area contributed by atoms with Gasteiger partial charge in [-0.2, -0.15) is 13.2 Å². The molecule has 0 spiro atoms. The van der Waals surface area contributed by atoms with E-state index in [0.717, 1.165) is 52.2 Å². The van der Waals surface area contributed by atoms with Crippen molar-refractivity contribution in [2.24, 2.45) is 5.41 Å². The van der Waals surface area contributed by atoms with Gasteiger partial charge in [-0.15, -0.1) is 0 Å². The molecule has 0 aliphatic carbocycles. The molecule has 1 atom stereocenters. The molecule has 248 valence electrons. The van der Waals surface area contributed by atoms with E-state index in [1.807, 2.05) is 36.4 Å². The van der Waals surface area contributed by atoms with Crippen molar-refractivity contribution < 1.29 is 27.9 Å². The first-order valence-electron chi connectivity index (χ1n) is 16.6. The molecule has 2 aliphatic heterocycles. The topological polar surface area (TPSA) is 94.6 Å². The molecule has 2 saturated heterocycles. The van der Waals surface area contributed by atoms with E-state index in [1.54, 1.807) is 12.3 Å². The van der Waals surface area contributed by atoms with Crippen molar-refractivity contribution in [1.82, 2.24) is 20.5 Å². The number of likely N-dealkylation sites (tertiary alicyclic amines) is 1. The first-order chi connectivity index (χ1) is 22.7. The number of hydrogen-bond donors (Lipinski definition) is 3. The van der Waals surface area contributed by atoms with E-state index in [9.17, 15) is 27.9 Å². The van der Waals surface area contributed by atoms with E-state index < -0.39 is 42.4 Å². The maximum Gasteiger partial charge on any atom is 0.403 e. The molecule has 0 radical (unpaired) electrons. The van der Waals surface area contributed by atoms with Crippen molar-refractivity contribution in [1.29, 1.82) is 0 Å². The number of benzene rings is 3. The zero-order valence-electron chi connectivity index (χ0n) is 26.4. The number of halogens is 3. The van der Waals surface area contributed by atoms with Crippen molar-refractivity contribution in [2.75, 3.05) is 32.7 Å². The molecule has 0 saturated carbocycles. The number of aromatic nitrogens is 1. The average molecular weight is 647 g/mol. The molecule has 7 nitrogen and oxygen atoms in total. The summed E-state index contributed by atoms with van der Waals surface area (Å²) >= 11 is 0. The number of carbonyl (C=O) groups excluding carboxylic acids is 1. The fourth-order valence-electron chi connectivity index (χ4n) is 7.24. The third-order valence-electron chi connectivity index (χ3n) is 9.95. The van der Waals surface area contributed by atoms with Gasteiger partial charge >= 0.3 is 12.1 Å². The van der Waals surface area contributed by atoms with Crippen LogP contribution in [0, 0.1) is 5.41 Å². The summed E-state index contributed by atoms with van der Waals surface area (Å²) in [5.74, 6) is -2.67. The molecule has 0 bridgehead atoms. The van der Waals surface area contributed by atoms with E-state index in [-0.39, 0.29) is 19.5 Å². The Bertz CT molecular complexity index is 1750. The van der Waals surface area contributed by atoms with E-state index in [0.29, 0.717) is 5.56 Å². The Morgan fingerprint density at radius 3 is 2.45 bits per heavy atom. The van der Waals surface area contributed by atoms with Crippen LogP contribution in [0.3, 0.4) is 0 Å². The number of rotatable bonds is 10. The fraction of sp³-hybridized carbons (Fsp3) is 0.432. The summed E-state index contributed by atoms with van der Waals surface area (Å²) < 4.78 is 42.5. The summed E-state index contributed by atoms with van der Waals surface area (Å²) in [5.41, 5.74) is 0.924. The van der Waals surface area contributed by atoms with Gasteiger partial charge < -0.3 is 20.6 Å². The van der Waals surface area contributed by atoms with Crippen LogP contribution >= 0.6 is 0 Å². The number of carboxylic acid groups (broad SMARTS) is 1. The minimum Gasteiger partial charge on any atom is -0.480 e. The first kappa shape index (κ1) is 32.9. The lowest BCUT2D eigenvalue weighted by Gasteiger charge is -2.38. The number of fused-ring (bicyclic) bond motifs is 2. The molecular formula is C37H41F3N4O3. The van der Waals surface area contributed by atoms with Gasteiger partial charge in [0.05, 0.1) is 5.69 Å². The molecular weight excluding hydrogens is 605 g/mol. The molecule has 0 unspecified atom stereocenters. The second-order valence-electron chi connectivity index (χ2n) is 12.9.